The van der Waals surface area contributed by atoms with Crippen molar-refractivity contribution in [1.82, 2.24) is 4.90 Å². The number of alkyl halides is 1. The highest BCUT2D eigenvalue weighted by atomic mass is 35.5. The first kappa shape index (κ1) is 14.1. The van der Waals surface area contributed by atoms with Crippen molar-refractivity contribution in [2.45, 2.75) is 13.3 Å². The second-order valence-corrected chi connectivity index (χ2v) is 4.46. The van der Waals surface area contributed by atoms with Gasteiger partial charge in [0.15, 0.2) is 0 Å². The number of carbonyl (C=O) groups excluding carboxylic acids is 1. The van der Waals surface area contributed by atoms with Gasteiger partial charge in [0.2, 0.25) is 0 Å². The average Bonchev–Trinajstić information content (AvgIpc) is 2.28. The zero-order chi connectivity index (χ0) is 12.8. The number of benzene rings is 1. The van der Waals surface area contributed by atoms with E-state index in [0.717, 1.165) is 6.42 Å². The van der Waals surface area contributed by atoms with E-state index in [1.165, 1.54) is 12.1 Å². The number of rotatable bonds is 5. The van der Waals surface area contributed by atoms with Gasteiger partial charge in [0, 0.05) is 24.0 Å². The molecule has 0 spiro atoms. The summed E-state index contributed by atoms with van der Waals surface area (Å²) in [6.45, 7) is 3.07. The summed E-state index contributed by atoms with van der Waals surface area (Å²) >= 11 is 11.4. The summed E-state index contributed by atoms with van der Waals surface area (Å²) in [5.74, 6) is 0.0555. The molecule has 0 aliphatic carbocycles. The van der Waals surface area contributed by atoms with Gasteiger partial charge in [-0.1, -0.05) is 18.5 Å². The summed E-state index contributed by atoms with van der Waals surface area (Å²) in [5, 5.41) is 10.1. The summed E-state index contributed by atoms with van der Waals surface area (Å²) in [7, 11) is 0. The van der Waals surface area contributed by atoms with E-state index in [4.69, 9.17) is 23.2 Å². The van der Waals surface area contributed by atoms with Crippen LogP contribution in [-0.4, -0.2) is 34.9 Å². The summed E-state index contributed by atoms with van der Waals surface area (Å²) in [4.78, 5) is 13.7. The minimum atomic E-state index is -0.221. The van der Waals surface area contributed by atoms with Crippen molar-refractivity contribution in [3.63, 3.8) is 0 Å². The Balaban J connectivity index is 2.92. The Labute approximate surface area is 111 Å². The first-order chi connectivity index (χ1) is 8.10. The summed E-state index contributed by atoms with van der Waals surface area (Å²) in [6.07, 6.45) is 0.844. The Bertz CT molecular complexity index is 390. The molecular weight excluding hydrogens is 261 g/mol. The zero-order valence-electron chi connectivity index (χ0n) is 9.62. The van der Waals surface area contributed by atoms with Crippen LogP contribution < -0.4 is 0 Å². The third-order valence-electron chi connectivity index (χ3n) is 2.33. The molecule has 1 aromatic rings. The van der Waals surface area contributed by atoms with E-state index >= 15 is 0 Å². The van der Waals surface area contributed by atoms with Crippen LogP contribution in [0.4, 0.5) is 0 Å². The van der Waals surface area contributed by atoms with Crippen LogP contribution in [0.15, 0.2) is 18.2 Å². The number of hydrogen-bond acceptors (Lipinski definition) is 2. The molecule has 0 aromatic heterocycles. The van der Waals surface area contributed by atoms with Crippen LogP contribution in [0.1, 0.15) is 23.7 Å². The van der Waals surface area contributed by atoms with Crippen molar-refractivity contribution in [3.8, 4) is 5.75 Å². The first-order valence-corrected chi connectivity index (χ1v) is 6.35. The van der Waals surface area contributed by atoms with Crippen LogP contribution in [-0.2, 0) is 0 Å². The number of phenolic OH excluding ortho intramolecular Hbond substituents is 1. The normalized spacial score (nSPS) is 10.3. The van der Waals surface area contributed by atoms with Gasteiger partial charge in [-0.25, -0.2) is 0 Å². The summed E-state index contributed by atoms with van der Waals surface area (Å²) in [6, 6.07) is 4.47. The molecule has 0 atom stereocenters. The predicted molar refractivity (Wildman–Crippen MR) is 70.0 cm³/mol. The Morgan fingerprint density at radius 1 is 1.41 bits per heavy atom. The van der Waals surface area contributed by atoms with Gasteiger partial charge in [-0.15, -0.1) is 11.6 Å². The molecule has 0 heterocycles. The Hall–Kier alpha value is -0.930. The van der Waals surface area contributed by atoms with Crippen LogP contribution in [0, 0.1) is 0 Å². The first-order valence-electron chi connectivity index (χ1n) is 5.44. The molecule has 3 nitrogen and oxygen atoms in total. The smallest absolute Gasteiger partial charge is 0.257 e. The fourth-order valence-electron chi connectivity index (χ4n) is 1.54. The van der Waals surface area contributed by atoms with E-state index in [1.807, 2.05) is 6.92 Å². The molecule has 0 fully saturated rings. The molecule has 1 rings (SSSR count). The van der Waals surface area contributed by atoms with Gasteiger partial charge in [-0.05, 0) is 24.6 Å². The van der Waals surface area contributed by atoms with E-state index in [9.17, 15) is 9.90 Å². The third-order valence-corrected chi connectivity index (χ3v) is 2.73. The SMILES string of the molecule is CCCN(CCCl)C(=O)c1ccc(Cl)cc1O. The number of halogens is 2. The number of nitrogens with zero attached hydrogens (tertiary/aromatic N) is 1. The highest BCUT2D eigenvalue weighted by Crippen LogP contribution is 2.23. The molecule has 0 radical (unpaired) electrons. The summed E-state index contributed by atoms with van der Waals surface area (Å²) in [5.41, 5.74) is 0.257. The van der Waals surface area contributed by atoms with Crippen LogP contribution in [0.25, 0.3) is 0 Å². The lowest BCUT2D eigenvalue weighted by Crippen LogP contribution is -2.33. The summed E-state index contributed by atoms with van der Waals surface area (Å²) < 4.78 is 0. The standard InChI is InChI=1S/C12H15Cl2NO2/c1-2-6-15(7-5-13)12(17)10-4-3-9(14)8-11(10)16/h3-4,8,16H,2,5-7H2,1H3. The second-order valence-electron chi connectivity index (χ2n) is 3.64. The molecule has 0 bridgehead atoms. The zero-order valence-corrected chi connectivity index (χ0v) is 11.1. The van der Waals surface area contributed by atoms with Crippen LogP contribution in [0.2, 0.25) is 5.02 Å². The molecular formula is C12H15Cl2NO2. The molecule has 1 amide bonds. The van der Waals surface area contributed by atoms with Crippen LogP contribution in [0.3, 0.4) is 0 Å². The topological polar surface area (TPSA) is 40.5 Å². The molecule has 0 aliphatic heterocycles. The van der Waals surface area contributed by atoms with E-state index in [-0.39, 0.29) is 17.2 Å². The van der Waals surface area contributed by atoms with Gasteiger partial charge in [0.25, 0.3) is 5.91 Å². The van der Waals surface area contributed by atoms with Crippen molar-refractivity contribution in [3.05, 3.63) is 28.8 Å². The molecule has 0 unspecified atom stereocenters. The monoisotopic (exact) mass is 275 g/mol. The fraction of sp³-hybridized carbons (Fsp3) is 0.417. The molecule has 17 heavy (non-hydrogen) atoms. The molecule has 0 aliphatic rings. The molecule has 94 valence electrons. The highest BCUT2D eigenvalue weighted by molar-refractivity contribution is 6.30. The van der Waals surface area contributed by atoms with Crippen LogP contribution in [0.5, 0.6) is 5.75 Å². The van der Waals surface area contributed by atoms with Gasteiger partial charge in [-0.3, -0.25) is 4.79 Å². The van der Waals surface area contributed by atoms with Gasteiger partial charge < -0.3 is 10.0 Å². The maximum atomic E-state index is 12.1. The maximum absolute atomic E-state index is 12.1. The van der Waals surface area contributed by atoms with Gasteiger partial charge >= 0.3 is 0 Å². The molecule has 1 aromatic carbocycles. The molecule has 0 saturated heterocycles. The van der Waals surface area contributed by atoms with Gasteiger partial charge in [0.1, 0.15) is 5.75 Å². The minimum absolute atomic E-state index is 0.0989. The van der Waals surface area contributed by atoms with E-state index < -0.39 is 0 Å². The van der Waals surface area contributed by atoms with E-state index in [0.29, 0.717) is 24.0 Å². The largest absolute Gasteiger partial charge is 0.507 e. The third kappa shape index (κ3) is 3.79. The van der Waals surface area contributed by atoms with Crippen molar-refractivity contribution >= 4 is 29.1 Å². The predicted octanol–water partition coefficient (Wildman–Crippen LogP) is 3.14. The lowest BCUT2D eigenvalue weighted by atomic mass is 10.1. The number of phenols is 1. The number of aromatic hydroxyl groups is 1. The second kappa shape index (κ2) is 6.72. The lowest BCUT2D eigenvalue weighted by molar-refractivity contribution is 0.0762. The minimum Gasteiger partial charge on any atom is -0.507 e. The Kier molecular flexibility index (Phi) is 5.59. The average molecular weight is 276 g/mol. The van der Waals surface area contributed by atoms with Crippen LogP contribution >= 0.6 is 23.2 Å². The van der Waals surface area contributed by atoms with Gasteiger partial charge in [-0.2, -0.15) is 0 Å². The Morgan fingerprint density at radius 3 is 2.65 bits per heavy atom. The van der Waals surface area contributed by atoms with Gasteiger partial charge in [0.05, 0.1) is 5.56 Å². The number of carbonyl (C=O) groups is 1. The molecule has 5 heteroatoms. The van der Waals surface area contributed by atoms with E-state index in [2.05, 4.69) is 0 Å². The molecule has 1 N–H and O–H groups in total. The van der Waals surface area contributed by atoms with Crippen molar-refractivity contribution < 1.29 is 9.90 Å². The van der Waals surface area contributed by atoms with Crippen molar-refractivity contribution in [2.75, 3.05) is 19.0 Å². The Morgan fingerprint density at radius 2 is 2.12 bits per heavy atom. The van der Waals surface area contributed by atoms with E-state index in [1.54, 1.807) is 11.0 Å². The quantitative estimate of drug-likeness (QED) is 0.839. The fourth-order valence-corrected chi connectivity index (χ4v) is 1.91. The number of hydrogen-bond donors (Lipinski definition) is 1. The maximum Gasteiger partial charge on any atom is 0.257 e. The number of amides is 1. The highest BCUT2D eigenvalue weighted by Gasteiger charge is 2.17. The van der Waals surface area contributed by atoms with Crippen molar-refractivity contribution in [2.24, 2.45) is 0 Å². The van der Waals surface area contributed by atoms with Crippen molar-refractivity contribution in [1.29, 1.82) is 0 Å². The lowest BCUT2D eigenvalue weighted by Gasteiger charge is -2.21. The molecule has 0 saturated carbocycles.